The average Bonchev–Trinajstić information content (AvgIpc) is 2.17. The highest BCUT2D eigenvalue weighted by Crippen LogP contribution is 2.11. The minimum atomic E-state index is -0.454. The van der Waals surface area contributed by atoms with Crippen LogP contribution in [0.1, 0.15) is 6.92 Å². The zero-order chi connectivity index (χ0) is 9.84. The molecule has 0 heterocycles. The van der Waals surface area contributed by atoms with Crippen LogP contribution in [0.4, 0.5) is 5.69 Å². The van der Waals surface area contributed by atoms with Crippen molar-refractivity contribution in [2.45, 2.75) is 13.0 Å². The first-order valence-corrected chi connectivity index (χ1v) is 4.21. The summed E-state index contributed by atoms with van der Waals surface area (Å²) in [5.74, 6) is -0.0776. The fourth-order valence-electron chi connectivity index (χ4n) is 1.08. The quantitative estimate of drug-likeness (QED) is 0.810. The number of nitrogens with zero attached hydrogens (tertiary/aromatic N) is 1. The topological polar surface area (TPSA) is 46.3 Å². The lowest BCUT2D eigenvalue weighted by Crippen LogP contribution is -2.39. The zero-order valence-corrected chi connectivity index (χ0v) is 9.12. The molecular formula is C10H15ClN2O. The van der Waals surface area contributed by atoms with Crippen LogP contribution in [-0.4, -0.2) is 19.0 Å². The van der Waals surface area contributed by atoms with Crippen LogP contribution in [0.25, 0.3) is 0 Å². The van der Waals surface area contributed by atoms with Gasteiger partial charge in [-0.15, -0.1) is 12.4 Å². The van der Waals surface area contributed by atoms with Gasteiger partial charge in [0.05, 0.1) is 6.04 Å². The molecule has 0 spiro atoms. The SMILES string of the molecule is CC(N)C(=O)N(C)c1ccccc1.Cl. The highest BCUT2D eigenvalue weighted by molar-refractivity contribution is 5.96. The highest BCUT2D eigenvalue weighted by atomic mass is 35.5. The predicted octanol–water partition coefficient (Wildman–Crippen LogP) is 1.42. The number of carbonyl (C=O) groups excluding carboxylic acids is 1. The molecule has 1 amide bonds. The minimum Gasteiger partial charge on any atom is -0.320 e. The number of halogens is 1. The first kappa shape index (κ1) is 12.9. The number of anilines is 1. The van der Waals surface area contributed by atoms with Gasteiger partial charge in [0.2, 0.25) is 5.91 Å². The van der Waals surface area contributed by atoms with E-state index < -0.39 is 6.04 Å². The van der Waals surface area contributed by atoms with Crippen LogP contribution in [0.5, 0.6) is 0 Å². The summed E-state index contributed by atoms with van der Waals surface area (Å²) >= 11 is 0. The highest BCUT2D eigenvalue weighted by Gasteiger charge is 2.13. The van der Waals surface area contributed by atoms with Crippen molar-refractivity contribution in [3.8, 4) is 0 Å². The van der Waals surface area contributed by atoms with Crippen molar-refractivity contribution in [1.82, 2.24) is 0 Å². The van der Waals surface area contributed by atoms with Gasteiger partial charge in [-0.25, -0.2) is 0 Å². The standard InChI is InChI=1S/C10H14N2O.ClH/c1-8(11)10(13)12(2)9-6-4-3-5-7-9;/h3-8H,11H2,1-2H3;1H. The molecular weight excluding hydrogens is 200 g/mol. The van der Waals surface area contributed by atoms with Gasteiger partial charge in [0, 0.05) is 12.7 Å². The van der Waals surface area contributed by atoms with E-state index in [1.807, 2.05) is 30.3 Å². The molecule has 0 aliphatic rings. The van der Waals surface area contributed by atoms with Crippen molar-refractivity contribution in [1.29, 1.82) is 0 Å². The van der Waals surface area contributed by atoms with Crippen LogP contribution in [0, 0.1) is 0 Å². The minimum absolute atomic E-state index is 0. The first-order chi connectivity index (χ1) is 6.13. The Bertz CT molecular complexity index is 287. The maximum absolute atomic E-state index is 11.4. The van der Waals surface area contributed by atoms with Gasteiger partial charge in [0.25, 0.3) is 0 Å². The lowest BCUT2D eigenvalue weighted by molar-refractivity contribution is -0.119. The lowest BCUT2D eigenvalue weighted by atomic mass is 10.2. The smallest absolute Gasteiger partial charge is 0.243 e. The number of para-hydroxylation sites is 1. The maximum Gasteiger partial charge on any atom is 0.243 e. The van der Waals surface area contributed by atoms with Gasteiger partial charge < -0.3 is 10.6 Å². The Morgan fingerprint density at radius 1 is 1.36 bits per heavy atom. The third kappa shape index (κ3) is 3.01. The van der Waals surface area contributed by atoms with Gasteiger partial charge in [-0.3, -0.25) is 4.79 Å². The molecule has 0 saturated heterocycles. The number of hydrogen-bond donors (Lipinski definition) is 1. The van der Waals surface area contributed by atoms with Crippen molar-refractivity contribution in [3.05, 3.63) is 30.3 Å². The fraction of sp³-hybridized carbons (Fsp3) is 0.300. The summed E-state index contributed by atoms with van der Waals surface area (Å²) in [6, 6.07) is 8.99. The van der Waals surface area contributed by atoms with Gasteiger partial charge in [-0.2, -0.15) is 0 Å². The molecule has 14 heavy (non-hydrogen) atoms. The van der Waals surface area contributed by atoms with E-state index in [-0.39, 0.29) is 18.3 Å². The fourth-order valence-corrected chi connectivity index (χ4v) is 1.08. The van der Waals surface area contributed by atoms with E-state index in [1.165, 1.54) is 0 Å². The molecule has 0 radical (unpaired) electrons. The number of likely N-dealkylation sites (N-methyl/N-ethyl adjacent to an activating group) is 1. The van der Waals surface area contributed by atoms with Crippen LogP contribution in [0.2, 0.25) is 0 Å². The number of hydrogen-bond acceptors (Lipinski definition) is 2. The van der Waals surface area contributed by atoms with Crippen molar-refractivity contribution in [3.63, 3.8) is 0 Å². The third-order valence-corrected chi connectivity index (χ3v) is 1.86. The average molecular weight is 215 g/mol. The molecule has 78 valence electrons. The first-order valence-electron chi connectivity index (χ1n) is 4.21. The molecule has 0 saturated carbocycles. The van der Waals surface area contributed by atoms with Gasteiger partial charge in [-0.05, 0) is 19.1 Å². The molecule has 1 rings (SSSR count). The summed E-state index contributed by atoms with van der Waals surface area (Å²) in [6.45, 7) is 1.68. The van der Waals surface area contributed by atoms with Gasteiger partial charge in [0.1, 0.15) is 0 Å². The Labute approximate surface area is 90.3 Å². The molecule has 0 fully saturated rings. The van der Waals surface area contributed by atoms with Crippen LogP contribution < -0.4 is 10.6 Å². The largest absolute Gasteiger partial charge is 0.320 e. The van der Waals surface area contributed by atoms with Crippen LogP contribution in [0.15, 0.2) is 30.3 Å². The summed E-state index contributed by atoms with van der Waals surface area (Å²) < 4.78 is 0. The Morgan fingerprint density at radius 2 is 1.86 bits per heavy atom. The predicted molar refractivity (Wildman–Crippen MR) is 60.7 cm³/mol. The van der Waals surface area contributed by atoms with Crippen LogP contribution in [0.3, 0.4) is 0 Å². The number of carbonyl (C=O) groups is 1. The molecule has 1 aromatic rings. The number of benzene rings is 1. The van der Waals surface area contributed by atoms with E-state index in [0.717, 1.165) is 5.69 Å². The summed E-state index contributed by atoms with van der Waals surface area (Å²) in [4.78, 5) is 13.0. The van der Waals surface area contributed by atoms with E-state index in [2.05, 4.69) is 0 Å². The van der Waals surface area contributed by atoms with E-state index in [0.29, 0.717) is 0 Å². The summed E-state index contributed by atoms with van der Waals surface area (Å²) in [6.07, 6.45) is 0. The summed E-state index contributed by atoms with van der Waals surface area (Å²) in [5.41, 5.74) is 6.35. The molecule has 0 aliphatic heterocycles. The molecule has 1 unspecified atom stereocenters. The Hall–Kier alpha value is -1.06. The van der Waals surface area contributed by atoms with E-state index in [4.69, 9.17) is 5.73 Å². The maximum atomic E-state index is 11.4. The molecule has 1 atom stereocenters. The van der Waals surface area contributed by atoms with Gasteiger partial charge in [-0.1, -0.05) is 18.2 Å². The Morgan fingerprint density at radius 3 is 2.29 bits per heavy atom. The summed E-state index contributed by atoms with van der Waals surface area (Å²) in [7, 11) is 1.72. The normalized spacial score (nSPS) is 11.4. The molecule has 3 nitrogen and oxygen atoms in total. The van der Waals surface area contributed by atoms with E-state index in [9.17, 15) is 4.79 Å². The third-order valence-electron chi connectivity index (χ3n) is 1.86. The van der Waals surface area contributed by atoms with Crippen molar-refractivity contribution in [2.24, 2.45) is 5.73 Å². The van der Waals surface area contributed by atoms with Gasteiger partial charge >= 0.3 is 0 Å². The monoisotopic (exact) mass is 214 g/mol. The van der Waals surface area contributed by atoms with Crippen molar-refractivity contribution < 1.29 is 4.79 Å². The van der Waals surface area contributed by atoms with Crippen molar-refractivity contribution >= 4 is 24.0 Å². The molecule has 0 aliphatic carbocycles. The molecule has 4 heteroatoms. The van der Waals surface area contributed by atoms with Crippen LogP contribution in [-0.2, 0) is 4.79 Å². The van der Waals surface area contributed by atoms with E-state index in [1.54, 1.807) is 18.9 Å². The van der Waals surface area contributed by atoms with Gasteiger partial charge in [0.15, 0.2) is 0 Å². The number of amides is 1. The number of rotatable bonds is 2. The second kappa shape index (κ2) is 5.62. The number of nitrogens with two attached hydrogens (primary N) is 1. The second-order valence-electron chi connectivity index (χ2n) is 3.02. The molecule has 1 aromatic carbocycles. The van der Waals surface area contributed by atoms with E-state index >= 15 is 0 Å². The Kier molecular flexibility index (Phi) is 5.20. The molecule has 0 aromatic heterocycles. The molecule has 2 N–H and O–H groups in total. The molecule has 0 bridgehead atoms. The Balaban J connectivity index is 0.00000169. The second-order valence-corrected chi connectivity index (χ2v) is 3.02. The van der Waals surface area contributed by atoms with Crippen LogP contribution >= 0.6 is 12.4 Å². The summed E-state index contributed by atoms with van der Waals surface area (Å²) in [5, 5.41) is 0. The van der Waals surface area contributed by atoms with Crippen molar-refractivity contribution in [2.75, 3.05) is 11.9 Å². The zero-order valence-electron chi connectivity index (χ0n) is 8.31. The lowest BCUT2D eigenvalue weighted by Gasteiger charge is -2.18.